The molecule has 0 saturated carbocycles. The first-order valence-corrected chi connectivity index (χ1v) is 7.33. The van der Waals surface area contributed by atoms with Gasteiger partial charge in [-0.2, -0.15) is 8.78 Å². The molecule has 0 spiro atoms. The van der Waals surface area contributed by atoms with Crippen LogP contribution in [0.3, 0.4) is 0 Å². The second-order valence-electron chi connectivity index (χ2n) is 3.86. The van der Waals surface area contributed by atoms with E-state index in [4.69, 9.17) is 0 Å². The second kappa shape index (κ2) is 6.85. The summed E-state index contributed by atoms with van der Waals surface area (Å²) in [6, 6.07) is 13.2. The lowest BCUT2D eigenvalue weighted by Gasteiger charge is -2.06. The Bertz CT molecular complexity index is 587. The van der Waals surface area contributed by atoms with Crippen LogP contribution in [0.25, 0.3) is 0 Å². The fourth-order valence-electron chi connectivity index (χ4n) is 1.52. The number of alkyl halides is 2. The minimum atomic E-state index is -2.45. The predicted molar refractivity (Wildman–Crippen MR) is 80.4 cm³/mol. The Morgan fingerprint density at radius 3 is 2.20 bits per heavy atom. The molecule has 0 fully saturated rings. The number of hydrogen-bond acceptors (Lipinski definition) is 2. The molecule has 20 heavy (non-hydrogen) atoms. The van der Waals surface area contributed by atoms with Gasteiger partial charge >= 0.3 is 0 Å². The third kappa shape index (κ3) is 4.31. The van der Waals surface area contributed by atoms with Crippen molar-refractivity contribution >= 4 is 39.3 Å². The molecule has 0 heterocycles. The lowest BCUT2D eigenvalue weighted by molar-refractivity contribution is 0.102. The molecule has 0 aromatic heterocycles. The van der Waals surface area contributed by atoms with E-state index >= 15 is 0 Å². The zero-order chi connectivity index (χ0) is 14.5. The van der Waals surface area contributed by atoms with Crippen molar-refractivity contribution in [3.63, 3.8) is 0 Å². The van der Waals surface area contributed by atoms with Crippen LogP contribution < -0.4 is 5.32 Å². The van der Waals surface area contributed by atoms with E-state index in [1.807, 2.05) is 0 Å². The van der Waals surface area contributed by atoms with E-state index < -0.39 is 5.76 Å². The molecule has 2 aromatic carbocycles. The summed E-state index contributed by atoms with van der Waals surface area (Å²) in [5.74, 6) is -2.69. The van der Waals surface area contributed by atoms with Gasteiger partial charge in [-0.15, -0.1) is 0 Å². The molecule has 0 unspecified atom stereocenters. The summed E-state index contributed by atoms with van der Waals surface area (Å²) in [6.45, 7) is 0. The number of rotatable bonds is 4. The highest BCUT2D eigenvalue weighted by atomic mass is 79.9. The first-order chi connectivity index (χ1) is 9.54. The van der Waals surface area contributed by atoms with E-state index in [0.29, 0.717) is 27.9 Å². The van der Waals surface area contributed by atoms with Crippen LogP contribution >= 0.6 is 27.7 Å². The third-order valence-corrected chi connectivity index (χ3v) is 3.69. The number of benzene rings is 2. The standard InChI is InChI=1S/C14H10BrF2NOS/c15-10-3-1-9(2-4-10)13(19)18-11-5-7-12(8-6-11)20-14(16)17/h1-8,14H,(H,18,19). The van der Waals surface area contributed by atoms with Crippen molar-refractivity contribution in [1.29, 1.82) is 0 Å². The minimum Gasteiger partial charge on any atom is -0.322 e. The summed E-state index contributed by atoms with van der Waals surface area (Å²) in [5, 5.41) is 2.71. The van der Waals surface area contributed by atoms with Gasteiger partial charge in [0.05, 0.1) is 0 Å². The number of carbonyl (C=O) groups is 1. The van der Waals surface area contributed by atoms with Crippen LogP contribution in [0.2, 0.25) is 0 Å². The zero-order valence-corrected chi connectivity index (χ0v) is 12.5. The molecule has 0 radical (unpaired) electrons. The topological polar surface area (TPSA) is 29.1 Å². The zero-order valence-electron chi connectivity index (χ0n) is 10.1. The van der Waals surface area contributed by atoms with Gasteiger partial charge in [-0.1, -0.05) is 27.7 Å². The van der Waals surface area contributed by atoms with Crippen molar-refractivity contribution in [2.75, 3.05) is 5.32 Å². The average molecular weight is 358 g/mol. The number of halogens is 3. The Morgan fingerprint density at radius 1 is 1.05 bits per heavy atom. The van der Waals surface area contributed by atoms with E-state index in [2.05, 4.69) is 21.2 Å². The van der Waals surface area contributed by atoms with Gasteiger partial charge < -0.3 is 5.32 Å². The molecule has 0 bridgehead atoms. The highest BCUT2D eigenvalue weighted by molar-refractivity contribution is 9.10. The minimum absolute atomic E-state index is 0.244. The summed E-state index contributed by atoms with van der Waals surface area (Å²) in [7, 11) is 0. The Balaban J connectivity index is 2.02. The smallest absolute Gasteiger partial charge is 0.288 e. The molecule has 0 saturated heterocycles. The van der Waals surface area contributed by atoms with Crippen molar-refractivity contribution in [3.8, 4) is 0 Å². The molecule has 0 aliphatic heterocycles. The normalized spacial score (nSPS) is 10.6. The molecule has 104 valence electrons. The number of amides is 1. The average Bonchev–Trinajstić information content (AvgIpc) is 2.41. The molecule has 0 aliphatic carbocycles. The van der Waals surface area contributed by atoms with Crippen LogP contribution in [-0.2, 0) is 0 Å². The van der Waals surface area contributed by atoms with Gasteiger partial charge in [0.2, 0.25) is 0 Å². The van der Waals surface area contributed by atoms with E-state index in [1.165, 1.54) is 0 Å². The first kappa shape index (κ1) is 15.0. The number of anilines is 1. The van der Waals surface area contributed by atoms with Crippen LogP contribution in [0.15, 0.2) is 57.9 Å². The van der Waals surface area contributed by atoms with Gasteiger partial charge in [0, 0.05) is 20.6 Å². The Hall–Kier alpha value is -1.40. The molecule has 0 aliphatic rings. The summed E-state index contributed by atoms with van der Waals surface area (Å²) in [5.41, 5.74) is 1.09. The van der Waals surface area contributed by atoms with Gasteiger partial charge in [0.25, 0.3) is 11.7 Å². The summed E-state index contributed by atoms with van der Waals surface area (Å²) < 4.78 is 25.2. The quantitative estimate of drug-likeness (QED) is 0.778. The fraction of sp³-hybridized carbons (Fsp3) is 0.0714. The molecule has 1 N–H and O–H groups in total. The van der Waals surface area contributed by atoms with Crippen molar-refractivity contribution in [3.05, 3.63) is 58.6 Å². The van der Waals surface area contributed by atoms with Gasteiger partial charge in [-0.3, -0.25) is 4.79 Å². The van der Waals surface area contributed by atoms with Gasteiger partial charge in [0.15, 0.2) is 0 Å². The number of hydrogen-bond donors (Lipinski definition) is 1. The van der Waals surface area contributed by atoms with Crippen LogP contribution in [0.5, 0.6) is 0 Å². The maximum atomic E-state index is 12.2. The summed E-state index contributed by atoms with van der Waals surface area (Å²) in [4.78, 5) is 12.4. The Kier molecular flexibility index (Phi) is 5.14. The van der Waals surface area contributed by atoms with E-state index in [0.717, 1.165) is 4.47 Å². The van der Waals surface area contributed by atoms with Crippen molar-refractivity contribution < 1.29 is 13.6 Å². The third-order valence-electron chi connectivity index (χ3n) is 2.44. The van der Waals surface area contributed by atoms with Gasteiger partial charge in [0.1, 0.15) is 0 Å². The Morgan fingerprint density at radius 2 is 1.65 bits per heavy atom. The molecule has 2 nitrogen and oxygen atoms in total. The number of thioether (sulfide) groups is 1. The van der Waals surface area contributed by atoms with Crippen LogP contribution in [0.1, 0.15) is 10.4 Å². The van der Waals surface area contributed by atoms with Crippen LogP contribution in [0, 0.1) is 0 Å². The number of carbonyl (C=O) groups excluding carboxylic acids is 1. The maximum absolute atomic E-state index is 12.2. The van der Waals surface area contributed by atoms with E-state index in [1.54, 1.807) is 48.5 Å². The molecule has 1 amide bonds. The highest BCUT2D eigenvalue weighted by Gasteiger charge is 2.07. The molecule has 2 aromatic rings. The summed E-state index contributed by atoms with van der Waals surface area (Å²) in [6.07, 6.45) is 0. The predicted octanol–water partition coefficient (Wildman–Crippen LogP) is 5.02. The van der Waals surface area contributed by atoms with E-state index in [-0.39, 0.29) is 5.91 Å². The monoisotopic (exact) mass is 357 g/mol. The molecule has 6 heteroatoms. The summed E-state index contributed by atoms with van der Waals surface area (Å²) >= 11 is 3.77. The Labute approximate surface area is 127 Å². The van der Waals surface area contributed by atoms with Gasteiger partial charge in [-0.25, -0.2) is 0 Å². The molecular formula is C14H10BrF2NOS. The largest absolute Gasteiger partial charge is 0.322 e. The van der Waals surface area contributed by atoms with E-state index in [9.17, 15) is 13.6 Å². The van der Waals surface area contributed by atoms with Crippen LogP contribution in [-0.4, -0.2) is 11.7 Å². The molecular weight excluding hydrogens is 348 g/mol. The number of nitrogens with one attached hydrogen (secondary N) is 1. The van der Waals surface area contributed by atoms with Crippen molar-refractivity contribution in [2.24, 2.45) is 0 Å². The van der Waals surface area contributed by atoms with Gasteiger partial charge in [-0.05, 0) is 48.5 Å². The molecule has 2 rings (SSSR count). The first-order valence-electron chi connectivity index (χ1n) is 5.66. The SMILES string of the molecule is O=C(Nc1ccc(SC(F)F)cc1)c1ccc(Br)cc1. The van der Waals surface area contributed by atoms with Crippen molar-refractivity contribution in [1.82, 2.24) is 0 Å². The van der Waals surface area contributed by atoms with Crippen molar-refractivity contribution in [2.45, 2.75) is 10.7 Å². The van der Waals surface area contributed by atoms with Crippen LogP contribution in [0.4, 0.5) is 14.5 Å². The molecule has 0 atom stereocenters. The lowest BCUT2D eigenvalue weighted by Crippen LogP contribution is -2.11. The maximum Gasteiger partial charge on any atom is 0.288 e. The second-order valence-corrected chi connectivity index (χ2v) is 5.84. The fourth-order valence-corrected chi connectivity index (χ4v) is 2.29. The lowest BCUT2D eigenvalue weighted by atomic mass is 10.2. The highest BCUT2D eigenvalue weighted by Crippen LogP contribution is 2.26.